The topological polar surface area (TPSA) is 87.6 Å². The molecule has 28 heavy (non-hydrogen) atoms. The van der Waals surface area contributed by atoms with E-state index in [-0.39, 0.29) is 5.56 Å². The Morgan fingerprint density at radius 1 is 1.04 bits per heavy atom. The van der Waals surface area contributed by atoms with Gasteiger partial charge in [0.15, 0.2) is 5.78 Å². The van der Waals surface area contributed by atoms with Gasteiger partial charge in [-0.3, -0.25) is 13.9 Å². The minimum absolute atomic E-state index is 0.0413. The fourth-order valence-electron chi connectivity index (χ4n) is 2.94. The molecule has 2 aromatic carbocycles. The molecule has 4 aromatic rings. The Morgan fingerprint density at radius 2 is 1.75 bits per heavy atom. The largest absolute Gasteiger partial charge is 0.333 e. The van der Waals surface area contributed by atoms with Crippen molar-refractivity contribution >= 4 is 5.78 Å². The van der Waals surface area contributed by atoms with Gasteiger partial charge in [-0.25, -0.2) is 13.9 Å². The highest BCUT2D eigenvalue weighted by molar-refractivity contribution is 5.99. The van der Waals surface area contributed by atoms with Crippen molar-refractivity contribution in [3.63, 3.8) is 0 Å². The zero-order chi connectivity index (χ0) is 19.7. The fourth-order valence-corrected chi connectivity index (χ4v) is 2.94. The second-order valence-corrected chi connectivity index (χ2v) is 6.15. The summed E-state index contributed by atoms with van der Waals surface area (Å²) in [6, 6.07) is 11.9. The monoisotopic (exact) mass is 378 g/mol. The number of aromatic nitrogens is 6. The predicted molar refractivity (Wildman–Crippen MR) is 98.2 cm³/mol. The Morgan fingerprint density at radius 3 is 2.43 bits per heavy atom. The molecule has 0 radical (unpaired) electrons. The highest BCUT2D eigenvalue weighted by Crippen LogP contribution is 2.17. The van der Waals surface area contributed by atoms with E-state index in [0.717, 1.165) is 5.69 Å². The lowest BCUT2D eigenvalue weighted by Gasteiger charge is -2.12. The molecule has 9 heteroatoms. The van der Waals surface area contributed by atoms with Crippen LogP contribution in [0, 0.1) is 5.82 Å². The molecule has 1 atom stereocenters. The number of nitrogens with zero attached hydrogens (tertiary/aromatic N) is 6. The van der Waals surface area contributed by atoms with Crippen molar-refractivity contribution in [2.75, 3.05) is 0 Å². The van der Waals surface area contributed by atoms with Crippen molar-refractivity contribution in [2.45, 2.75) is 13.0 Å². The van der Waals surface area contributed by atoms with Crippen LogP contribution in [0.4, 0.5) is 4.39 Å². The van der Waals surface area contributed by atoms with E-state index in [1.165, 1.54) is 44.5 Å². The second-order valence-electron chi connectivity index (χ2n) is 6.15. The first-order valence-electron chi connectivity index (χ1n) is 8.48. The number of hydrogen-bond acceptors (Lipinski definition) is 5. The summed E-state index contributed by atoms with van der Waals surface area (Å²) in [4.78, 5) is 25.4. The third kappa shape index (κ3) is 3.02. The fraction of sp³-hybridized carbons (Fsp3) is 0.105. The van der Waals surface area contributed by atoms with E-state index in [1.807, 2.05) is 0 Å². The molecule has 2 heterocycles. The summed E-state index contributed by atoms with van der Waals surface area (Å²) < 4.78 is 18.1. The molecular formula is C19H15FN6O2. The SMILES string of the molecule is C[C@H](C(=O)c1ccccc1F)n1ccn(-c2ccc(-n3cnnn3)cc2)c1=O. The molecule has 0 bridgehead atoms. The van der Waals surface area contributed by atoms with Gasteiger partial charge in [0.1, 0.15) is 12.1 Å². The normalized spacial score (nSPS) is 12.1. The average Bonchev–Trinajstić information content (AvgIpc) is 3.37. The van der Waals surface area contributed by atoms with Gasteiger partial charge in [0.05, 0.1) is 23.0 Å². The maximum atomic E-state index is 13.9. The first-order chi connectivity index (χ1) is 13.6. The lowest BCUT2D eigenvalue weighted by molar-refractivity contribution is 0.0929. The van der Waals surface area contributed by atoms with Crippen LogP contribution in [-0.2, 0) is 0 Å². The molecule has 0 aliphatic heterocycles. The van der Waals surface area contributed by atoms with Gasteiger partial charge >= 0.3 is 5.69 Å². The minimum atomic E-state index is -0.842. The zero-order valence-corrected chi connectivity index (χ0v) is 14.8. The van der Waals surface area contributed by atoms with Gasteiger partial charge in [-0.05, 0) is 53.7 Å². The quantitative estimate of drug-likeness (QED) is 0.497. The Balaban J connectivity index is 1.63. The van der Waals surface area contributed by atoms with Crippen molar-refractivity contribution in [2.24, 2.45) is 0 Å². The van der Waals surface area contributed by atoms with E-state index in [2.05, 4.69) is 15.5 Å². The smallest absolute Gasteiger partial charge is 0.292 e. The van der Waals surface area contributed by atoms with Crippen LogP contribution in [0.3, 0.4) is 0 Å². The van der Waals surface area contributed by atoms with Crippen LogP contribution < -0.4 is 5.69 Å². The summed E-state index contributed by atoms with van der Waals surface area (Å²) in [5.41, 5.74) is 0.920. The lowest BCUT2D eigenvalue weighted by Crippen LogP contribution is -2.29. The van der Waals surface area contributed by atoms with Crippen LogP contribution >= 0.6 is 0 Å². The van der Waals surface area contributed by atoms with Crippen LogP contribution in [0.15, 0.2) is 72.0 Å². The second kappa shape index (κ2) is 7.03. The number of carbonyl (C=O) groups excluding carboxylic acids is 1. The summed E-state index contributed by atoms with van der Waals surface area (Å²) in [7, 11) is 0. The van der Waals surface area contributed by atoms with Gasteiger partial charge < -0.3 is 0 Å². The number of Topliss-reactive ketones (excluding diaryl/α,β-unsaturated/α-hetero) is 1. The molecule has 0 aliphatic carbocycles. The first-order valence-corrected chi connectivity index (χ1v) is 8.48. The summed E-state index contributed by atoms with van der Waals surface area (Å²) >= 11 is 0. The predicted octanol–water partition coefficient (Wildman–Crippen LogP) is 2.20. The molecule has 4 rings (SSSR count). The zero-order valence-electron chi connectivity index (χ0n) is 14.8. The maximum Gasteiger partial charge on any atom is 0.333 e. The number of tetrazole rings is 1. The van der Waals surface area contributed by atoms with Gasteiger partial charge in [-0.2, -0.15) is 0 Å². The van der Waals surface area contributed by atoms with Gasteiger partial charge in [0.25, 0.3) is 0 Å². The summed E-state index contributed by atoms with van der Waals surface area (Å²) in [5.74, 6) is -1.07. The Bertz CT molecular complexity index is 1180. The average molecular weight is 378 g/mol. The lowest BCUT2D eigenvalue weighted by atomic mass is 10.0. The molecule has 0 aliphatic rings. The van der Waals surface area contributed by atoms with E-state index >= 15 is 0 Å². The molecule has 0 amide bonds. The van der Waals surface area contributed by atoms with Crippen LogP contribution in [0.1, 0.15) is 23.3 Å². The van der Waals surface area contributed by atoms with Gasteiger partial charge in [0, 0.05) is 12.4 Å². The standard InChI is InChI=1S/C19H15FN6O2/c1-13(18(27)16-4-2-3-5-17(16)20)24-10-11-25(19(24)28)14-6-8-15(9-7-14)26-12-21-22-23-26/h2-13H,1H3/t13-/m1/s1. The third-order valence-electron chi connectivity index (χ3n) is 4.48. The maximum absolute atomic E-state index is 13.9. The van der Waals surface area contributed by atoms with E-state index in [0.29, 0.717) is 5.69 Å². The van der Waals surface area contributed by atoms with E-state index in [4.69, 9.17) is 0 Å². The summed E-state index contributed by atoms with van der Waals surface area (Å²) in [5, 5.41) is 11.0. The van der Waals surface area contributed by atoms with E-state index in [9.17, 15) is 14.0 Å². The minimum Gasteiger partial charge on any atom is -0.292 e. The van der Waals surface area contributed by atoms with Gasteiger partial charge in [-0.15, -0.1) is 5.10 Å². The highest BCUT2D eigenvalue weighted by atomic mass is 19.1. The molecule has 2 aromatic heterocycles. The number of carbonyl (C=O) groups is 1. The Labute approximate surface area is 158 Å². The van der Waals surface area contributed by atoms with Crippen molar-refractivity contribution in [1.82, 2.24) is 29.3 Å². The van der Waals surface area contributed by atoms with Crippen molar-refractivity contribution in [3.05, 3.63) is 89.1 Å². The van der Waals surface area contributed by atoms with E-state index < -0.39 is 23.3 Å². The third-order valence-corrected chi connectivity index (χ3v) is 4.48. The molecule has 8 nitrogen and oxygen atoms in total. The van der Waals surface area contributed by atoms with Crippen molar-refractivity contribution in [3.8, 4) is 11.4 Å². The van der Waals surface area contributed by atoms with E-state index in [1.54, 1.807) is 43.5 Å². The molecular weight excluding hydrogens is 363 g/mol. The molecule has 0 saturated heterocycles. The number of imidazole rings is 1. The van der Waals surface area contributed by atoms with Gasteiger partial charge in [0.2, 0.25) is 0 Å². The molecule has 0 spiro atoms. The Kier molecular flexibility index (Phi) is 4.40. The number of benzene rings is 2. The number of halogens is 1. The van der Waals surface area contributed by atoms with Crippen LogP contribution in [0.2, 0.25) is 0 Å². The highest BCUT2D eigenvalue weighted by Gasteiger charge is 2.22. The van der Waals surface area contributed by atoms with Crippen LogP contribution in [0.25, 0.3) is 11.4 Å². The van der Waals surface area contributed by atoms with Crippen molar-refractivity contribution in [1.29, 1.82) is 0 Å². The molecule has 0 N–H and O–H groups in total. The molecule has 0 saturated carbocycles. The molecule has 0 fully saturated rings. The summed E-state index contributed by atoms with van der Waals surface area (Å²) in [6.07, 6.45) is 4.55. The van der Waals surface area contributed by atoms with Crippen molar-refractivity contribution < 1.29 is 9.18 Å². The molecule has 0 unspecified atom stereocenters. The number of ketones is 1. The Hall–Kier alpha value is -3.88. The number of rotatable bonds is 5. The molecule has 140 valence electrons. The first kappa shape index (κ1) is 17.5. The summed E-state index contributed by atoms with van der Waals surface area (Å²) in [6.45, 7) is 1.57. The van der Waals surface area contributed by atoms with Crippen LogP contribution in [0.5, 0.6) is 0 Å². The van der Waals surface area contributed by atoms with Crippen LogP contribution in [-0.4, -0.2) is 35.1 Å². The number of hydrogen-bond donors (Lipinski definition) is 0. The van der Waals surface area contributed by atoms with Gasteiger partial charge in [-0.1, -0.05) is 12.1 Å².